The van der Waals surface area contributed by atoms with E-state index in [2.05, 4.69) is 69.1 Å². The molecule has 226 valence electrons. The summed E-state index contributed by atoms with van der Waals surface area (Å²) in [6, 6.07) is 0. The van der Waals surface area contributed by atoms with Crippen LogP contribution in [0.1, 0.15) is 55.4 Å². The Bertz CT molecular complexity index is 852. The number of esters is 2. The molecule has 4 unspecified atom stereocenters. The lowest BCUT2D eigenvalue weighted by Gasteiger charge is -2.22. The molecule has 0 radical (unpaired) electrons. The van der Waals surface area contributed by atoms with Gasteiger partial charge in [-0.2, -0.15) is 0 Å². The third kappa shape index (κ3) is 25.9. The Balaban J connectivity index is -0.000000566. The molecule has 0 aromatic rings. The lowest BCUT2D eigenvalue weighted by molar-refractivity contribution is -0.377. The molecule has 0 aliphatic rings. The fraction of sp³-hybridized carbons (Fsp3) is 0.682. The summed E-state index contributed by atoms with van der Waals surface area (Å²) >= 11 is 8.78. The average molecular weight is 760 g/mol. The number of alkyl carbamates (subject to hydrolysis) is 2. The minimum Gasteiger partial charge on any atom is -0.465 e. The third-order valence-electron chi connectivity index (χ3n) is 2.95. The second-order valence-electron chi connectivity index (χ2n) is 9.03. The number of hydrogen-bond donors (Lipinski definition) is 3. The van der Waals surface area contributed by atoms with Crippen molar-refractivity contribution in [1.82, 2.24) is 10.6 Å². The number of methoxy groups -OCH3 is 1. The monoisotopic (exact) mass is 757 g/mol. The lowest BCUT2D eigenvalue weighted by atomic mass is 10.2. The van der Waals surface area contributed by atoms with Crippen molar-refractivity contribution in [2.24, 2.45) is 0 Å². The van der Waals surface area contributed by atoms with Crippen LogP contribution in [0.15, 0.2) is 0 Å². The lowest BCUT2D eigenvalue weighted by Crippen LogP contribution is -2.47. The number of aliphatic hydroxyl groups is 1. The molecule has 3 N–H and O–H groups in total. The van der Waals surface area contributed by atoms with Gasteiger partial charge >= 0.3 is 30.1 Å². The first-order valence-corrected chi connectivity index (χ1v) is 13.5. The van der Waals surface area contributed by atoms with Crippen molar-refractivity contribution in [2.45, 2.75) is 88.7 Å². The number of amides is 2. The first kappa shape index (κ1) is 41.4. The van der Waals surface area contributed by atoms with Crippen molar-refractivity contribution in [3.05, 3.63) is 0 Å². The summed E-state index contributed by atoms with van der Waals surface area (Å²) in [6.45, 7) is 16.0. The van der Waals surface area contributed by atoms with Crippen LogP contribution in [0.2, 0.25) is 0 Å². The van der Waals surface area contributed by atoms with Crippen molar-refractivity contribution in [1.29, 1.82) is 0 Å². The molecule has 0 spiro atoms. The number of ether oxygens (including phenoxy) is 4. The topological polar surface area (TPSA) is 195 Å². The Morgan fingerprint density at radius 3 is 1.49 bits per heavy atom. The molecule has 4 atom stereocenters. The number of halogens is 3. The first-order valence-electron chi connectivity index (χ1n) is 10.9. The molecule has 0 saturated carbocycles. The zero-order valence-electron chi connectivity index (χ0n) is 23.1. The van der Waals surface area contributed by atoms with Crippen molar-refractivity contribution in [3.63, 3.8) is 0 Å². The van der Waals surface area contributed by atoms with E-state index in [1.165, 1.54) is 6.92 Å². The Kier molecular flexibility index (Phi) is 21.1. The molecular weight excluding hydrogens is 724 g/mol. The molecule has 0 heterocycles. The standard InChI is InChI=1S/C11H18BrNO6.C8H13NO5.C3H4Br2O/c1-6(12)8(14)18-7(9(15)17-5)13-10(16)19-11(2,3)4;1-8(2,3)14-7(12)9-5(10)6(11)13-4;1-2(4)3(5)6/h6-7H,1-5H3,(H,13,16);5,10H,4H2,1-3H3;2H,1H3/p+1. The van der Waals surface area contributed by atoms with Gasteiger partial charge in [-0.05, 0) is 71.3 Å². The molecule has 2 amide bonds. The Hall–Kier alpha value is -2.11. The van der Waals surface area contributed by atoms with Crippen molar-refractivity contribution in [2.75, 3.05) is 7.11 Å². The predicted molar refractivity (Wildman–Crippen MR) is 149 cm³/mol. The van der Waals surface area contributed by atoms with Crippen molar-refractivity contribution >= 4 is 89.4 Å². The van der Waals surface area contributed by atoms with Gasteiger partial charge in [0.15, 0.2) is 6.79 Å². The summed E-state index contributed by atoms with van der Waals surface area (Å²) in [5.74, 6) is -2.69. The maximum Gasteiger partial charge on any atom is 0.629 e. The van der Waals surface area contributed by atoms with Gasteiger partial charge in [-0.3, -0.25) is 24.6 Å². The van der Waals surface area contributed by atoms with Gasteiger partial charge < -0.3 is 24.1 Å². The van der Waals surface area contributed by atoms with Crippen LogP contribution in [0.4, 0.5) is 9.59 Å². The number of hydrogen-bond acceptors (Lipinski definition) is 11. The molecule has 0 fully saturated rings. The zero-order valence-corrected chi connectivity index (χ0v) is 27.8. The van der Waals surface area contributed by atoms with Gasteiger partial charge in [-0.25, -0.2) is 14.4 Å². The number of aliphatic hydroxyl groups excluding tert-OH is 1. The molecule has 0 aliphatic heterocycles. The molecule has 0 aromatic heterocycles. The molecule has 17 heteroatoms. The molecule has 0 bridgehead atoms. The summed E-state index contributed by atoms with van der Waals surface area (Å²) in [4.78, 5) is 65.2. The van der Waals surface area contributed by atoms with Gasteiger partial charge in [0.2, 0.25) is 4.69 Å². The second-order valence-corrected chi connectivity index (χ2v) is 12.6. The largest absolute Gasteiger partial charge is 0.629 e. The number of rotatable bonds is 7. The van der Waals surface area contributed by atoms with E-state index in [9.17, 15) is 28.8 Å². The highest BCUT2D eigenvalue weighted by atomic mass is 79.9. The van der Waals surface area contributed by atoms with Gasteiger partial charge in [-0.15, -0.1) is 0 Å². The van der Waals surface area contributed by atoms with Gasteiger partial charge in [0.05, 0.1) is 16.7 Å². The minimum absolute atomic E-state index is 0.0116. The van der Waals surface area contributed by atoms with Crippen LogP contribution in [0.25, 0.3) is 0 Å². The molecule has 0 rings (SSSR count). The van der Waals surface area contributed by atoms with Crippen LogP contribution in [-0.4, -0.2) is 87.1 Å². The van der Waals surface area contributed by atoms with Crippen LogP contribution < -0.4 is 10.6 Å². The maximum absolute atomic E-state index is 11.5. The highest BCUT2D eigenvalue weighted by Crippen LogP contribution is 2.09. The number of nitrogens with one attached hydrogen (secondary N) is 2. The van der Waals surface area contributed by atoms with Crippen molar-refractivity contribution in [3.8, 4) is 0 Å². The van der Waals surface area contributed by atoms with Crippen molar-refractivity contribution < 1.29 is 57.2 Å². The van der Waals surface area contributed by atoms with Gasteiger partial charge in [0.1, 0.15) is 16.0 Å². The summed E-state index contributed by atoms with van der Waals surface area (Å²) in [5, 5.41) is 12.9. The number of carbonyl (C=O) groups is 6. The highest BCUT2D eigenvalue weighted by molar-refractivity contribution is 9.20. The van der Waals surface area contributed by atoms with E-state index in [-0.39, 0.29) is 9.52 Å². The minimum atomic E-state index is -1.76. The first-order chi connectivity index (χ1) is 17.5. The summed E-state index contributed by atoms with van der Waals surface area (Å²) in [7, 11) is 1.11. The fourth-order valence-electron chi connectivity index (χ4n) is 1.43. The van der Waals surface area contributed by atoms with E-state index in [1.807, 2.05) is 5.32 Å². The SMILES string of the molecule is C=[O+]C(=O)C(O)NC(=O)OC(C)(C)C.CC(Br)C(=O)Br.COC(=O)C(NC(=O)OC(C)(C)C)OC(=O)C(C)Br. The Morgan fingerprint density at radius 2 is 1.21 bits per heavy atom. The van der Waals surface area contributed by atoms with E-state index in [0.29, 0.717) is 0 Å². The van der Waals surface area contributed by atoms with E-state index in [1.54, 1.807) is 48.5 Å². The van der Waals surface area contributed by atoms with Crippen LogP contribution in [0.3, 0.4) is 0 Å². The molecule has 14 nitrogen and oxygen atoms in total. The van der Waals surface area contributed by atoms with Gasteiger partial charge in [0.25, 0.3) is 12.5 Å². The second kappa shape index (κ2) is 19.9. The Morgan fingerprint density at radius 1 is 0.821 bits per heavy atom. The van der Waals surface area contributed by atoms with Crippen LogP contribution in [0, 0.1) is 0 Å². The van der Waals surface area contributed by atoms with Crippen LogP contribution >= 0.6 is 47.8 Å². The molecular formula is C22H36Br3N2O12+. The zero-order chi connectivity index (χ0) is 31.7. The Labute approximate surface area is 252 Å². The van der Waals surface area contributed by atoms with Crippen LogP contribution in [-0.2, 0) is 42.6 Å². The fourth-order valence-corrected chi connectivity index (χ4v) is 1.53. The van der Waals surface area contributed by atoms with Gasteiger partial charge in [-0.1, -0.05) is 31.9 Å². The molecule has 0 aliphatic carbocycles. The van der Waals surface area contributed by atoms with E-state index in [4.69, 9.17) is 19.3 Å². The molecule has 39 heavy (non-hydrogen) atoms. The molecule has 0 aromatic carbocycles. The van der Waals surface area contributed by atoms with E-state index in [0.717, 1.165) is 7.11 Å². The van der Waals surface area contributed by atoms with Crippen LogP contribution in [0.5, 0.6) is 0 Å². The van der Waals surface area contributed by atoms with E-state index >= 15 is 0 Å². The predicted octanol–water partition coefficient (Wildman–Crippen LogP) is 2.75. The third-order valence-corrected chi connectivity index (χ3v) is 5.04. The van der Waals surface area contributed by atoms with Gasteiger partial charge in [0, 0.05) is 0 Å². The maximum atomic E-state index is 11.5. The smallest absolute Gasteiger partial charge is 0.465 e. The average Bonchev–Trinajstić information content (AvgIpc) is 2.75. The highest BCUT2D eigenvalue weighted by Gasteiger charge is 2.30. The summed E-state index contributed by atoms with van der Waals surface area (Å²) in [5.41, 5.74) is -1.43. The summed E-state index contributed by atoms with van der Waals surface area (Å²) < 4.78 is 22.8. The quantitative estimate of drug-likeness (QED) is 0.0863. The summed E-state index contributed by atoms with van der Waals surface area (Å²) in [6.07, 6.45) is -5.11. The number of alkyl halides is 2. The molecule has 0 saturated heterocycles. The number of carbonyl (C=O) groups excluding carboxylic acids is 7. The van der Waals surface area contributed by atoms with E-state index < -0.39 is 58.6 Å². The normalized spacial score (nSPS) is 13.6.